The van der Waals surface area contributed by atoms with Crippen molar-refractivity contribution in [3.05, 3.63) is 47.5 Å². The summed E-state index contributed by atoms with van der Waals surface area (Å²) in [7, 11) is 6.33. The van der Waals surface area contributed by atoms with Crippen LogP contribution in [0.3, 0.4) is 0 Å². The van der Waals surface area contributed by atoms with Gasteiger partial charge in [-0.05, 0) is 0 Å². The number of ether oxygens (including phenoxy) is 4. The van der Waals surface area contributed by atoms with E-state index in [2.05, 4.69) is 5.82 Å². The molecule has 5 nitrogen and oxygen atoms in total. The van der Waals surface area contributed by atoms with Gasteiger partial charge in [-0.25, -0.2) is 0 Å². The predicted molar refractivity (Wildman–Crippen MR) is 104 cm³/mol. The summed E-state index contributed by atoms with van der Waals surface area (Å²) in [4.78, 5) is 12.6. The monoisotopic (exact) mass is 422 g/mol. The van der Waals surface area contributed by atoms with Crippen LogP contribution in [0.2, 0.25) is 5.82 Å². The van der Waals surface area contributed by atoms with Gasteiger partial charge in [-0.15, -0.1) is 0 Å². The van der Waals surface area contributed by atoms with Crippen molar-refractivity contribution in [3.63, 3.8) is 0 Å². The van der Waals surface area contributed by atoms with Crippen molar-refractivity contribution in [1.82, 2.24) is 0 Å². The molecule has 2 aromatic rings. The molecule has 2 aromatic carbocycles. The number of carbonyl (C=O) groups is 1. The van der Waals surface area contributed by atoms with Crippen LogP contribution in [-0.2, 0) is 0 Å². The first-order valence-electron chi connectivity index (χ1n) is 7.82. The van der Waals surface area contributed by atoms with Crippen molar-refractivity contribution in [2.24, 2.45) is 0 Å². The molecule has 0 aliphatic carbocycles. The Morgan fingerprint density at radius 2 is 1.58 bits per heavy atom. The standard InChI is InChI=1S/C20H22O5Se/c1-22-16-9-7-13(10-17(16)23-2)6-8-15(21)14-11-18(24-3)20(25-4)19(12-14)26-5/h6-12H,1-5H3/b8-6+. The first kappa shape index (κ1) is 19.9. The number of methoxy groups -OCH3 is 4. The Morgan fingerprint density at radius 1 is 0.885 bits per heavy atom. The van der Waals surface area contributed by atoms with Gasteiger partial charge >= 0.3 is 160 Å². The summed E-state index contributed by atoms with van der Waals surface area (Å²) in [6, 6.07) is 9.05. The third kappa shape index (κ3) is 4.39. The second-order valence-corrected chi connectivity index (χ2v) is 7.01. The number of hydrogen-bond donors (Lipinski definition) is 0. The Hall–Kier alpha value is -2.43. The molecule has 0 aliphatic heterocycles. The molecule has 0 fully saturated rings. The third-order valence-corrected chi connectivity index (χ3v) is 5.34. The number of rotatable bonds is 8. The van der Waals surface area contributed by atoms with Crippen molar-refractivity contribution < 1.29 is 23.7 Å². The van der Waals surface area contributed by atoms with Gasteiger partial charge in [-0.3, -0.25) is 0 Å². The zero-order valence-corrected chi connectivity index (χ0v) is 17.2. The van der Waals surface area contributed by atoms with Crippen molar-refractivity contribution in [2.45, 2.75) is 5.82 Å². The van der Waals surface area contributed by atoms with Crippen LogP contribution in [0.1, 0.15) is 15.9 Å². The second-order valence-electron chi connectivity index (χ2n) is 5.23. The van der Waals surface area contributed by atoms with Crippen LogP contribution in [-0.4, -0.2) is 49.2 Å². The number of carbonyl (C=O) groups excluding carboxylic acids is 1. The van der Waals surface area contributed by atoms with Crippen molar-refractivity contribution in [1.29, 1.82) is 0 Å². The van der Waals surface area contributed by atoms with Crippen molar-refractivity contribution in [2.75, 3.05) is 28.4 Å². The SMILES string of the molecule is COc1ccc(/C=C/C(=O)c2cc(OC)c(OC)c([Se]C)c2)cc1OC. The molecule has 0 saturated carbocycles. The van der Waals surface area contributed by atoms with Crippen LogP contribution in [0.5, 0.6) is 23.0 Å². The summed E-state index contributed by atoms with van der Waals surface area (Å²) in [5.41, 5.74) is 1.41. The van der Waals surface area contributed by atoms with E-state index in [0.29, 0.717) is 28.6 Å². The molecule has 0 N–H and O–H groups in total. The normalized spacial score (nSPS) is 10.7. The summed E-state index contributed by atoms with van der Waals surface area (Å²) < 4.78 is 22.3. The summed E-state index contributed by atoms with van der Waals surface area (Å²) in [6.45, 7) is 0. The molecule has 0 radical (unpaired) electrons. The Labute approximate surface area is 160 Å². The van der Waals surface area contributed by atoms with Gasteiger partial charge < -0.3 is 0 Å². The molecule has 6 heteroatoms. The minimum atomic E-state index is -0.105. The zero-order chi connectivity index (χ0) is 19.1. The van der Waals surface area contributed by atoms with Gasteiger partial charge in [0.2, 0.25) is 0 Å². The van der Waals surface area contributed by atoms with E-state index in [0.717, 1.165) is 10.0 Å². The van der Waals surface area contributed by atoms with Crippen molar-refractivity contribution in [3.8, 4) is 23.0 Å². The molecule has 0 atom stereocenters. The fraction of sp³-hybridized carbons (Fsp3) is 0.250. The molecule has 0 aliphatic rings. The maximum atomic E-state index is 12.6. The molecule has 26 heavy (non-hydrogen) atoms. The first-order chi connectivity index (χ1) is 12.6. The quantitative estimate of drug-likeness (QED) is 0.373. The van der Waals surface area contributed by atoms with Crippen LogP contribution in [0, 0.1) is 0 Å². The maximum absolute atomic E-state index is 12.6. The topological polar surface area (TPSA) is 54.0 Å². The Balaban J connectivity index is 2.31. The number of hydrogen-bond acceptors (Lipinski definition) is 5. The molecule has 0 bridgehead atoms. The fourth-order valence-electron chi connectivity index (χ4n) is 2.45. The van der Waals surface area contributed by atoms with Gasteiger partial charge in [0, 0.05) is 0 Å². The predicted octanol–water partition coefficient (Wildman–Crippen LogP) is 2.99. The molecular weight excluding hydrogens is 399 g/mol. The number of allylic oxidation sites excluding steroid dienone is 1. The molecule has 0 spiro atoms. The molecule has 0 amide bonds. The number of ketones is 1. The first-order valence-corrected chi connectivity index (χ1v) is 10.4. The number of benzene rings is 2. The average molecular weight is 421 g/mol. The van der Waals surface area contributed by atoms with E-state index in [1.165, 1.54) is 6.08 Å². The molecular formula is C20H22O5Se. The molecule has 138 valence electrons. The van der Waals surface area contributed by atoms with Gasteiger partial charge in [-0.2, -0.15) is 0 Å². The van der Waals surface area contributed by atoms with Crippen LogP contribution in [0.15, 0.2) is 36.4 Å². The summed E-state index contributed by atoms with van der Waals surface area (Å²) >= 11 is 0.169. The molecule has 2 rings (SSSR count). The van der Waals surface area contributed by atoms with E-state index >= 15 is 0 Å². The van der Waals surface area contributed by atoms with Gasteiger partial charge in [0.25, 0.3) is 0 Å². The van der Waals surface area contributed by atoms with Gasteiger partial charge in [0.15, 0.2) is 0 Å². The van der Waals surface area contributed by atoms with E-state index in [1.807, 2.05) is 18.2 Å². The van der Waals surface area contributed by atoms with Crippen LogP contribution >= 0.6 is 0 Å². The molecule has 0 aromatic heterocycles. The second kappa shape index (κ2) is 9.32. The van der Waals surface area contributed by atoms with E-state index in [9.17, 15) is 4.79 Å². The van der Waals surface area contributed by atoms with Crippen molar-refractivity contribution >= 4 is 31.3 Å². The van der Waals surface area contributed by atoms with E-state index in [4.69, 9.17) is 18.9 Å². The molecule has 0 unspecified atom stereocenters. The van der Waals surface area contributed by atoms with Gasteiger partial charge in [0.1, 0.15) is 0 Å². The summed E-state index contributed by atoms with van der Waals surface area (Å²) in [5, 5.41) is 0. The fourth-order valence-corrected chi connectivity index (χ4v) is 3.74. The Morgan fingerprint density at radius 3 is 2.15 bits per heavy atom. The summed E-state index contributed by atoms with van der Waals surface area (Å²) in [6.07, 6.45) is 3.28. The minimum absolute atomic E-state index is 0.105. The van der Waals surface area contributed by atoms with Crippen LogP contribution in [0.25, 0.3) is 6.08 Å². The zero-order valence-electron chi connectivity index (χ0n) is 15.5. The van der Waals surface area contributed by atoms with E-state index < -0.39 is 0 Å². The average Bonchev–Trinajstić information content (AvgIpc) is 2.70. The van der Waals surface area contributed by atoms with Gasteiger partial charge in [-0.1, -0.05) is 0 Å². The van der Waals surface area contributed by atoms with Gasteiger partial charge in [0.05, 0.1) is 0 Å². The molecule has 0 saturated heterocycles. The van der Waals surface area contributed by atoms with E-state index in [-0.39, 0.29) is 20.7 Å². The Kier molecular flexibility index (Phi) is 7.13. The summed E-state index contributed by atoms with van der Waals surface area (Å²) in [5.74, 6) is 4.48. The van der Waals surface area contributed by atoms with Crippen LogP contribution < -0.4 is 23.4 Å². The van der Waals surface area contributed by atoms with E-state index in [1.54, 1.807) is 46.6 Å². The third-order valence-electron chi connectivity index (χ3n) is 3.78. The van der Waals surface area contributed by atoms with Crippen LogP contribution in [0.4, 0.5) is 0 Å². The Bertz CT molecular complexity index is 789. The molecule has 0 heterocycles.